The first-order chi connectivity index (χ1) is 25.7. The number of hydrogen-bond acceptors (Lipinski definition) is 7. The minimum Gasteiger partial charge on any atom is -0.508 e. The summed E-state index contributed by atoms with van der Waals surface area (Å²) in [6.45, 7) is 5.65. The van der Waals surface area contributed by atoms with E-state index in [1.807, 2.05) is 38.1 Å². The highest BCUT2D eigenvalue weighted by Gasteiger charge is 2.68. The molecular weight excluding hydrogens is 811 g/mol. The van der Waals surface area contributed by atoms with Crippen molar-refractivity contribution in [3.63, 3.8) is 0 Å². The fourth-order valence-electron chi connectivity index (χ4n) is 9.52. The Morgan fingerprint density at radius 2 is 1.70 bits per heavy atom. The molecule has 1 saturated carbocycles. The Labute approximate surface area is 333 Å². The second kappa shape index (κ2) is 12.4. The number of benzene rings is 3. The molecule has 13 heteroatoms. The molecular formula is C41H33BrCl2N4O5S. The molecule has 9 rings (SSSR count). The third-order valence-corrected chi connectivity index (χ3v) is 14.6. The van der Waals surface area contributed by atoms with Crippen LogP contribution in [-0.4, -0.2) is 38.5 Å². The molecule has 6 atom stereocenters. The van der Waals surface area contributed by atoms with Crippen LogP contribution in [0.5, 0.6) is 5.75 Å². The fraction of sp³-hybridized carbons (Fsp3) is 0.293. The number of allylic oxidation sites excluding steroid dienone is 2. The van der Waals surface area contributed by atoms with Crippen molar-refractivity contribution >= 4 is 95.7 Å². The zero-order valence-corrected chi connectivity index (χ0v) is 33.5. The van der Waals surface area contributed by atoms with Crippen LogP contribution in [0.15, 0.2) is 76.8 Å². The molecule has 2 aliphatic carbocycles. The lowest BCUT2D eigenvalue weighted by Gasteiger charge is -2.49. The average molecular weight is 845 g/mol. The second-order valence-corrected chi connectivity index (χ2v) is 17.8. The molecule has 4 aliphatic rings. The molecule has 4 amide bonds. The Hall–Kier alpha value is -4.29. The number of fused-ring (bicyclic) bond motifs is 5. The summed E-state index contributed by atoms with van der Waals surface area (Å²) in [5.74, 6) is -4.78. The number of aromatic nitrogens is 2. The first-order valence-corrected chi connectivity index (χ1v) is 20.0. The number of phenols is 1. The molecule has 0 radical (unpaired) electrons. The van der Waals surface area contributed by atoms with Crippen LogP contribution >= 0.6 is 50.5 Å². The van der Waals surface area contributed by atoms with Gasteiger partial charge < -0.3 is 5.11 Å². The van der Waals surface area contributed by atoms with Gasteiger partial charge in [-0.3, -0.25) is 23.9 Å². The first kappa shape index (κ1) is 35.4. The molecule has 9 nitrogen and oxygen atoms in total. The highest BCUT2D eigenvalue weighted by Crippen LogP contribution is 2.64. The number of aryl methyl sites for hydroxylation is 3. The Morgan fingerprint density at radius 1 is 0.926 bits per heavy atom. The fourth-order valence-corrected chi connectivity index (χ4v) is 11.4. The largest absolute Gasteiger partial charge is 0.508 e. The van der Waals surface area contributed by atoms with Crippen molar-refractivity contribution in [2.75, 3.05) is 9.80 Å². The van der Waals surface area contributed by atoms with Gasteiger partial charge >= 0.3 is 0 Å². The number of carbonyl (C=O) groups is 4. The van der Waals surface area contributed by atoms with E-state index >= 15 is 4.79 Å². The van der Waals surface area contributed by atoms with E-state index in [1.54, 1.807) is 72.5 Å². The molecule has 54 heavy (non-hydrogen) atoms. The summed E-state index contributed by atoms with van der Waals surface area (Å²) < 4.78 is 3.28. The second-order valence-electron chi connectivity index (χ2n) is 15.0. The number of nitrogens with zero attached hydrogens (tertiary/aromatic N) is 4. The predicted molar refractivity (Wildman–Crippen MR) is 213 cm³/mol. The van der Waals surface area contributed by atoms with E-state index < -0.39 is 46.8 Å². The number of halogens is 3. The van der Waals surface area contributed by atoms with Gasteiger partial charge in [-0.2, -0.15) is 5.10 Å². The van der Waals surface area contributed by atoms with Gasteiger partial charge in [-0.1, -0.05) is 56.8 Å². The van der Waals surface area contributed by atoms with Crippen molar-refractivity contribution in [1.29, 1.82) is 0 Å². The highest BCUT2D eigenvalue weighted by atomic mass is 79.9. The minimum absolute atomic E-state index is 0.0292. The number of rotatable bonds is 4. The lowest BCUT2D eigenvalue weighted by molar-refractivity contribution is -0.131. The zero-order valence-electron chi connectivity index (χ0n) is 29.6. The smallest absolute Gasteiger partial charge is 0.242 e. The van der Waals surface area contributed by atoms with Crippen LogP contribution in [0.4, 0.5) is 11.5 Å². The van der Waals surface area contributed by atoms with Gasteiger partial charge in [0.25, 0.3) is 0 Å². The van der Waals surface area contributed by atoms with Gasteiger partial charge in [0, 0.05) is 43.8 Å². The summed E-state index contributed by atoms with van der Waals surface area (Å²) >= 11 is 17.9. The van der Waals surface area contributed by atoms with Crippen LogP contribution in [0.3, 0.4) is 0 Å². The van der Waals surface area contributed by atoms with Crippen LogP contribution in [0.1, 0.15) is 42.4 Å². The highest BCUT2D eigenvalue weighted by molar-refractivity contribution is 9.10. The van der Waals surface area contributed by atoms with Gasteiger partial charge in [-0.05, 0) is 105 Å². The Bertz CT molecular complexity index is 2560. The summed E-state index contributed by atoms with van der Waals surface area (Å²) in [6, 6.07) is 17.7. The van der Waals surface area contributed by atoms with Crippen molar-refractivity contribution in [2.24, 2.45) is 36.1 Å². The number of hydrogen-bond donors (Lipinski definition) is 1. The maximum atomic E-state index is 15.1. The Kier molecular flexibility index (Phi) is 8.11. The van der Waals surface area contributed by atoms with E-state index in [4.69, 9.17) is 28.3 Å². The van der Waals surface area contributed by atoms with E-state index in [0.29, 0.717) is 37.3 Å². The predicted octanol–water partition coefficient (Wildman–Crippen LogP) is 9.13. The van der Waals surface area contributed by atoms with E-state index in [9.17, 15) is 19.5 Å². The number of aromatic hydroxyl groups is 1. The third kappa shape index (κ3) is 4.90. The Morgan fingerprint density at radius 3 is 2.46 bits per heavy atom. The SMILES string of the molecule is Cc1ccc(N2C(=O)C3CC=C4C(CC5C(=O)N(c6cc(-c7sc8ccc(Cl)cc8c7C)nn6C)C(=O)C5(C)C4c4cc(Br)ccc4O)C3C2=O)cc1Cl. The first-order valence-electron chi connectivity index (χ1n) is 17.6. The number of thiophene rings is 1. The van der Waals surface area contributed by atoms with Crippen LogP contribution in [0, 0.1) is 42.9 Å². The molecule has 0 bridgehead atoms. The molecule has 6 unspecified atom stereocenters. The normalized spacial score (nSPS) is 26.4. The minimum atomic E-state index is -1.34. The van der Waals surface area contributed by atoms with Crippen molar-refractivity contribution in [3.05, 3.63) is 104 Å². The summed E-state index contributed by atoms with van der Waals surface area (Å²) in [5.41, 5.74) is 2.75. The third-order valence-electron chi connectivity index (χ3n) is 12.2. The van der Waals surface area contributed by atoms with Crippen molar-refractivity contribution < 1.29 is 24.3 Å². The summed E-state index contributed by atoms with van der Waals surface area (Å²) in [4.78, 5) is 61.8. The van der Waals surface area contributed by atoms with E-state index in [1.165, 1.54) is 9.80 Å². The average Bonchev–Trinajstić information content (AvgIpc) is 3.81. The van der Waals surface area contributed by atoms with Crippen LogP contribution in [0.2, 0.25) is 10.0 Å². The number of amides is 4. The zero-order chi connectivity index (χ0) is 38.1. The standard InChI is InChI=1S/C41H33BrCl2N4O5S/c1-18-5-8-22(15-29(18)44)47-37(50)24-10-9-23-26(34(24)39(47)52)16-28-38(51)48(40(53)41(28,3)35(23)27-13-20(42)6-11-31(27)49)33-17-30(45-46(33)4)36-19(2)25-14-21(43)7-12-32(25)54-36/h5-9,11-15,17,24,26,28,34-35,49H,10,16H2,1-4H3. The van der Waals surface area contributed by atoms with E-state index in [0.717, 1.165) is 31.7 Å². The molecule has 2 aliphatic heterocycles. The van der Waals surface area contributed by atoms with Crippen LogP contribution in [-0.2, 0) is 26.2 Å². The molecule has 4 heterocycles. The lowest BCUT2D eigenvalue weighted by Crippen LogP contribution is -2.49. The lowest BCUT2D eigenvalue weighted by atomic mass is 9.51. The Balaban J connectivity index is 1.16. The van der Waals surface area contributed by atoms with E-state index in [-0.39, 0.29) is 30.4 Å². The van der Waals surface area contributed by atoms with Crippen molar-refractivity contribution in [1.82, 2.24) is 9.78 Å². The number of carbonyl (C=O) groups excluding carboxylic acids is 4. The quantitative estimate of drug-likeness (QED) is 0.143. The molecule has 2 aromatic heterocycles. The van der Waals surface area contributed by atoms with Crippen molar-refractivity contribution in [2.45, 2.75) is 39.5 Å². The van der Waals surface area contributed by atoms with Gasteiger partial charge in [0.1, 0.15) is 17.3 Å². The summed E-state index contributed by atoms with van der Waals surface area (Å²) in [6.07, 6.45) is 2.42. The maximum Gasteiger partial charge on any atom is 0.242 e. The van der Waals surface area contributed by atoms with Gasteiger partial charge in [0.15, 0.2) is 0 Å². The van der Waals surface area contributed by atoms with Crippen LogP contribution < -0.4 is 9.80 Å². The monoisotopic (exact) mass is 842 g/mol. The van der Waals surface area contributed by atoms with Gasteiger partial charge in [-0.25, -0.2) is 9.80 Å². The van der Waals surface area contributed by atoms with Gasteiger partial charge in [-0.15, -0.1) is 11.3 Å². The number of anilines is 2. The van der Waals surface area contributed by atoms with Gasteiger partial charge in [0.05, 0.1) is 33.7 Å². The van der Waals surface area contributed by atoms with E-state index in [2.05, 4.69) is 15.9 Å². The molecule has 3 aromatic carbocycles. The topological polar surface area (TPSA) is 113 Å². The van der Waals surface area contributed by atoms with Gasteiger partial charge in [0.2, 0.25) is 23.6 Å². The maximum absolute atomic E-state index is 15.1. The number of imide groups is 2. The summed E-state index contributed by atoms with van der Waals surface area (Å²) in [5, 5.41) is 18.3. The molecule has 3 fully saturated rings. The van der Waals surface area contributed by atoms with Crippen molar-refractivity contribution in [3.8, 4) is 16.3 Å². The summed E-state index contributed by atoms with van der Waals surface area (Å²) in [7, 11) is 1.71. The molecule has 2 saturated heterocycles. The molecule has 5 aromatic rings. The molecule has 0 spiro atoms. The molecule has 274 valence electrons. The number of phenolic OH excluding ortho intramolecular Hbond substituents is 1. The molecule has 1 N–H and O–H groups in total. The van der Waals surface area contributed by atoms with Crippen LogP contribution in [0.25, 0.3) is 20.7 Å².